The van der Waals surface area contributed by atoms with Crippen molar-refractivity contribution < 1.29 is 10.0 Å². The van der Waals surface area contributed by atoms with Crippen LogP contribution in [0.5, 0.6) is 0 Å². The van der Waals surface area contributed by atoms with Gasteiger partial charge in [0.25, 0.3) is 0 Å². The predicted molar refractivity (Wildman–Crippen MR) is 98.5 cm³/mol. The van der Waals surface area contributed by atoms with E-state index in [0.717, 1.165) is 16.6 Å². The number of fused-ring (bicyclic) bond motifs is 1. The quantitative estimate of drug-likeness (QED) is 0.571. The normalized spacial score (nSPS) is 10.9. The highest BCUT2D eigenvalue weighted by atomic mass is 16.4. The van der Waals surface area contributed by atoms with Crippen molar-refractivity contribution in [3.8, 4) is 16.8 Å². The van der Waals surface area contributed by atoms with Crippen molar-refractivity contribution in [2.24, 2.45) is 0 Å². The van der Waals surface area contributed by atoms with Gasteiger partial charge >= 0.3 is 7.12 Å². The van der Waals surface area contributed by atoms with E-state index in [2.05, 4.69) is 41.0 Å². The van der Waals surface area contributed by atoms with Crippen LogP contribution in [0.15, 0.2) is 85.1 Å². The summed E-state index contributed by atoms with van der Waals surface area (Å²) in [5.74, 6) is 0. The number of benzene rings is 3. The fourth-order valence-electron chi connectivity index (χ4n) is 2.99. The minimum Gasteiger partial charge on any atom is -0.423 e. The first-order chi connectivity index (χ1) is 11.7. The van der Waals surface area contributed by atoms with Crippen LogP contribution in [0.2, 0.25) is 0 Å². The van der Waals surface area contributed by atoms with E-state index in [1.54, 1.807) is 12.1 Å². The van der Waals surface area contributed by atoms with Crippen LogP contribution in [0.25, 0.3) is 27.7 Å². The lowest BCUT2D eigenvalue weighted by Gasteiger charge is -2.08. The summed E-state index contributed by atoms with van der Waals surface area (Å²) in [6.07, 6.45) is 2.00. The Kier molecular flexibility index (Phi) is 3.69. The highest BCUT2D eigenvalue weighted by molar-refractivity contribution is 6.58. The molecule has 116 valence electrons. The Balaban J connectivity index is 1.72. The second kappa shape index (κ2) is 6.00. The number of rotatable bonds is 3. The van der Waals surface area contributed by atoms with Crippen LogP contribution in [0.4, 0.5) is 0 Å². The Morgan fingerprint density at radius 3 is 2.12 bits per heavy atom. The van der Waals surface area contributed by atoms with Gasteiger partial charge in [0.05, 0.1) is 5.52 Å². The van der Waals surface area contributed by atoms with Crippen LogP contribution in [0, 0.1) is 0 Å². The molecule has 0 aliphatic rings. The molecule has 0 amide bonds. The molecule has 0 unspecified atom stereocenters. The van der Waals surface area contributed by atoms with Crippen LogP contribution in [0.1, 0.15) is 0 Å². The lowest BCUT2D eigenvalue weighted by Crippen LogP contribution is -2.29. The summed E-state index contributed by atoms with van der Waals surface area (Å²) in [5, 5.41) is 19.6. The fourth-order valence-corrected chi connectivity index (χ4v) is 2.99. The van der Waals surface area contributed by atoms with Crippen molar-refractivity contribution in [2.75, 3.05) is 0 Å². The van der Waals surface area contributed by atoms with E-state index in [9.17, 15) is 10.0 Å². The molecule has 1 aromatic heterocycles. The van der Waals surface area contributed by atoms with Gasteiger partial charge in [0, 0.05) is 11.9 Å². The Morgan fingerprint density at radius 2 is 1.42 bits per heavy atom. The van der Waals surface area contributed by atoms with Gasteiger partial charge in [0.2, 0.25) is 0 Å². The van der Waals surface area contributed by atoms with E-state index in [0.29, 0.717) is 5.46 Å². The largest absolute Gasteiger partial charge is 0.488 e. The molecule has 0 saturated carbocycles. The molecule has 0 saturated heterocycles. The minimum atomic E-state index is -1.44. The van der Waals surface area contributed by atoms with Gasteiger partial charge in [-0.3, -0.25) is 0 Å². The Morgan fingerprint density at radius 1 is 0.708 bits per heavy atom. The Labute approximate surface area is 140 Å². The van der Waals surface area contributed by atoms with Gasteiger partial charge in [0.1, 0.15) is 0 Å². The lowest BCUT2D eigenvalue weighted by molar-refractivity contribution is 0.426. The molecule has 3 aromatic carbocycles. The monoisotopic (exact) mass is 313 g/mol. The van der Waals surface area contributed by atoms with E-state index in [4.69, 9.17) is 0 Å². The summed E-state index contributed by atoms with van der Waals surface area (Å²) in [4.78, 5) is 0. The van der Waals surface area contributed by atoms with Crippen LogP contribution in [0.3, 0.4) is 0 Å². The standard InChI is InChI=1S/C20H16BNO2/c23-21(24)18-8-11-20-17(14-18)12-13-22(20)19-9-6-16(7-10-19)15-4-2-1-3-5-15/h1-14,23-24H. The van der Waals surface area contributed by atoms with Crippen LogP contribution >= 0.6 is 0 Å². The highest BCUT2D eigenvalue weighted by Gasteiger charge is 2.12. The van der Waals surface area contributed by atoms with E-state index in [1.165, 1.54) is 11.1 Å². The van der Waals surface area contributed by atoms with Crippen molar-refractivity contribution >= 4 is 23.5 Å². The van der Waals surface area contributed by atoms with Crippen molar-refractivity contribution in [2.45, 2.75) is 0 Å². The van der Waals surface area contributed by atoms with Crippen LogP contribution in [-0.4, -0.2) is 21.7 Å². The molecule has 2 N–H and O–H groups in total. The summed E-state index contributed by atoms with van der Waals surface area (Å²) in [6, 6.07) is 26.1. The zero-order chi connectivity index (χ0) is 16.5. The average Bonchev–Trinajstić information content (AvgIpc) is 3.06. The second-order valence-corrected chi connectivity index (χ2v) is 5.79. The number of nitrogens with zero attached hydrogens (tertiary/aromatic N) is 1. The summed E-state index contributed by atoms with van der Waals surface area (Å²) >= 11 is 0. The molecule has 1 heterocycles. The van der Waals surface area contributed by atoms with Crippen molar-refractivity contribution in [3.05, 3.63) is 85.1 Å². The molecule has 4 aromatic rings. The molecule has 3 nitrogen and oxygen atoms in total. The highest BCUT2D eigenvalue weighted by Crippen LogP contribution is 2.23. The zero-order valence-corrected chi connectivity index (χ0v) is 13.0. The summed E-state index contributed by atoms with van der Waals surface area (Å²) in [6.45, 7) is 0. The van der Waals surface area contributed by atoms with Gasteiger partial charge in [-0.05, 0) is 46.2 Å². The van der Waals surface area contributed by atoms with Gasteiger partial charge in [-0.25, -0.2) is 0 Å². The number of hydrogen-bond donors (Lipinski definition) is 2. The Hall–Kier alpha value is -2.82. The zero-order valence-electron chi connectivity index (χ0n) is 13.0. The number of hydrogen-bond acceptors (Lipinski definition) is 2. The third kappa shape index (κ3) is 2.62. The predicted octanol–water partition coefficient (Wildman–Crippen LogP) is 2.98. The van der Waals surface area contributed by atoms with Crippen LogP contribution < -0.4 is 5.46 Å². The molecule has 0 radical (unpaired) electrons. The van der Waals surface area contributed by atoms with Gasteiger partial charge in [-0.15, -0.1) is 0 Å². The lowest BCUT2D eigenvalue weighted by atomic mass is 9.80. The molecule has 24 heavy (non-hydrogen) atoms. The van der Waals surface area contributed by atoms with Gasteiger partial charge in [-0.2, -0.15) is 0 Å². The number of aromatic nitrogens is 1. The van der Waals surface area contributed by atoms with Gasteiger partial charge < -0.3 is 14.6 Å². The van der Waals surface area contributed by atoms with Crippen molar-refractivity contribution in [3.63, 3.8) is 0 Å². The maximum absolute atomic E-state index is 9.29. The molecule has 4 heteroatoms. The maximum atomic E-state index is 9.29. The molecular weight excluding hydrogens is 297 g/mol. The first-order valence-corrected chi connectivity index (χ1v) is 7.85. The van der Waals surface area contributed by atoms with Crippen LogP contribution in [-0.2, 0) is 0 Å². The summed E-state index contributed by atoms with van der Waals surface area (Å²) in [7, 11) is -1.44. The minimum absolute atomic E-state index is 0.500. The third-order valence-corrected chi connectivity index (χ3v) is 4.27. The van der Waals surface area contributed by atoms with E-state index < -0.39 is 7.12 Å². The van der Waals surface area contributed by atoms with Crippen molar-refractivity contribution in [1.29, 1.82) is 0 Å². The van der Waals surface area contributed by atoms with Gasteiger partial charge in [-0.1, -0.05) is 54.6 Å². The van der Waals surface area contributed by atoms with Gasteiger partial charge in [0.15, 0.2) is 0 Å². The summed E-state index contributed by atoms with van der Waals surface area (Å²) < 4.78 is 2.09. The fraction of sp³-hybridized carbons (Fsp3) is 0. The molecule has 0 aliphatic carbocycles. The second-order valence-electron chi connectivity index (χ2n) is 5.79. The third-order valence-electron chi connectivity index (χ3n) is 4.27. The van der Waals surface area contributed by atoms with E-state index in [1.807, 2.05) is 36.5 Å². The molecule has 0 fully saturated rings. The maximum Gasteiger partial charge on any atom is 0.488 e. The molecular formula is C20H16BNO2. The first kappa shape index (κ1) is 14.8. The SMILES string of the molecule is OB(O)c1ccc2c(ccn2-c2ccc(-c3ccccc3)cc2)c1. The molecule has 0 bridgehead atoms. The molecule has 4 rings (SSSR count). The van der Waals surface area contributed by atoms with Crippen molar-refractivity contribution in [1.82, 2.24) is 4.57 Å². The summed E-state index contributed by atoms with van der Waals surface area (Å²) in [5.41, 5.74) is 4.98. The van der Waals surface area contributed by atoms with E-state index in [-0.39, 0.29) is 0 Å². The smallest absolute Gasteiger partial charge is 0.423 e. The molecule has 0 atom stereocenters. The Bertz CT molecular complexity index is 976. The first-order valence-electron chi connectivity index (χ1n) is 7.85. The average molecular weight is 313 g/mol. The molecule has 0 spiro atoms. The van der Waals surface area contributed by atoms with E-state index >= 15 is 0 Å². The topological polar surface area (TPSA) is 45.4 Å². The molecule has 0 aliphatic heterocycles.